The Labute approximate surface area is 103 Å². The summed E-state index contributed by atoms with van der Waals surface area (Å²) < 4.78 is 2.83. The summed E-state index contributed by atoms with van der Waals surface area (Å²) in [5.74, 6) is 0. The van der Waals surface area contributed by atoms with Crippen LogP contribution in [-0.2, 0) is 13.6 Å². The lowest BCUT2D eigenvalue weighted by Crippen LogP contribution is -2.23. The highest BCUT2D eigenvalue weighted by Gasteiger charge is 2.03. The van der Waals surface area contributed by atoms with E-state index in [2.05, 4.69) is 5.10 Å². The lowest BCUT2D eigenvalue weighted by molar-refractivity contribution is 0.647. The van der Waals surface area contributed by atoms with Gasteiger partial charge in [-0.05, 0) is 5.56 Å². The fourth-order valence-corrected chi connectivity index (χ4v) is 1.61. The first kappa shape index (κ1) is 11.5. The van der Waals surface area contributed by atoms with Crippen LogP contribution in [0.2, 0.25) is 0 Å². The molecule has 17 heavy (non-hydrogen) atoms. The molecule has 1 heterocycles. The molecular formula is C11H12N4OS. The molecule has 88 valence electrons. The molecular weight excluding hydrogens is 236 g/mol. The molecule has 2 rings (SSSR count). The van der Waals surface area contributed by atoms with Gasteiger partial charge in [-0.1, -0.05) is 36.5 Å². The van der Waals surface area contributed by atoms with Crippen molar-refractivity contribution >= 4 is 17.2 Å². The Morgan fingerprint density at radius 2 is 2.06 bits per heavy atom. The molecule has 0 aliphatic rings. The molecule has 2 N–H and O–H groups in total. The first-order valence-electron chi connectivity index (χ1n) is 5.05. The summed E-state index contributed by atoms with van der Waals surface area (Å²) in [6, 6.07) is 7.45. The first-order valence-corrected chi connectivity index (χ1v) is 5.46. The zero-order valence-corrected chi connectivity index (χ0v) is 10.1. The van der Waals surface area contributed by atoms with Gasteiger partial charge in [-0.3, -0.25) is 4.57 Å². The lowest BCUT2D eigenvalue weighted by atomic mass is 10.1. The van der Waals surface area contributed by atoms with Gasteiger partial charge in [0.1, 0.15) is 11.3 Å². The highest BCUT2D eigenvalue weighted by molar-refractivity contribution is 7.80. The summed E-state index contributed by atoms with van der Waals surface area (Å²) in [5.41, 5.74) is 7.16. The first-order chi connectivity index (χ1) is 8.08. The van der Waals surface area contributed by atoms with Crippen LogP contribution in [-0.4, -0.2) is 19.3 Å². The molecule has 0 aliphatic heterocycles. The van der Waals surface area contributed by atoms with Crippen LogP contribution in [0.25, 0.3) is 0 Å². The number of aromatic nitrogens is 3. The van der Waals surface area contributed by atoms with E-state index in [1.54, 1.807) is 7.05 Å². The standard InChI is InChI=1S/C11H12N4OS/c1-14-7-13-15(11(14)16)6-8-2-4-9(5-3-8)10(12)17/h2-5,7H,6H2,1H3,(H2,12,17). The second-order valence-corrected chi connectivity index (χ2v) is 4.18. The Morgan fingerprint density at radius 1 is 1.41 bits per heavy atom. The van der Waals surface area contributed by atoms with Crippen molar-refractivity contribution in [1.82, 2.24) is 14.3 Å². The molecule has 0 saturated carbocycles. The number of hydrogen-bond acceptors (Lipinski definition) is 3. The SMILES string of the molecule is Cn1cnn(Cc2ccc(C(N)=S)cc2)c1=O. The van der Waals surface area contributed by atoms with Crippen molar-refractivity contribution < 1.29 is 0 Å². The number of benzene rings is 1. The predicted molar refractivity (Wildman–Crippen MR) is 68.9 cm³/mol. The van der Waals surface area contributed by atoms with Crippen LogP contribution in [0.4, 0.5) is 0 Å². The summed E-state index contributed by atoms with van der Waals surface area (Å²) in [7, 11) is 1.67. The number of hydrogen-bond donors (Lipinski definition) is 1. The van der Waals surface area contributed by atoms with Crippen molar-refractivity contribution in [2.24, 2.45) is 12.8 Å². The quantitative estimate of drug-likeness (QED) is 0.792. The molecule has 0 fully saturated rings. The van der Waals surface area contributed by atoms with Gasteiger partial charge in [0.25, 0.3) is 0 Å². The van der Waals surface area contributed by atoms with Crippen LogP contribution < -0.4 is 11.4 Å². The molecule has 0 radical (unpaired) electrons. The maximum atomic E-state index is 11.6. The van der Waals surface area contributed by atoms with Crippen LogP contribution in [0.3, 0.4) is 0 Å². The second-order valence-electron chi connectivity index (χ2n) is 3.74. The summed E-state index contributed by atoms with van der Waals surface area (Å²) in [5, 5.41) is 3.98. The number of thiocarbonyl (C=S) groups is 1. The lowest BCUT2D eigenvalue weighted by Gasteiger charge is -2.02. The molecule has 6 heteroatoms. The Hall–Kier alpha value is -1.95. The van der Waals surface area contributed by atoms with Gasteiger partial charge in [-0.2, -0.15) is 5.10 Å². The molecule has 0 bridgehead atoms. The van der Waals surface area contributed by atoms with Gasteiger partial charge in [-0.25, -0.2) is 9.48 Å². The van der Waals surface area contributed by atoms with E-state index >= 15 is 0 Å². The van der Waals surface area contributed by atoms with Gasteiger partial charge in [-0.15, -0.1) is 0 Å². The molecule has 1 aromatic carbocycles. The summed E-state index contributed by atoms with van der Waals surface area (Å²) in [6.07, 6.45) is 1.49. The molecule has 0 atom stereocenters. The highest BCUT2D eigenvalue weighted by atomic mass is 32.1. The molecule has 0 saturated heterocycles. The van der Waals surface area contributed by atoms with E-state index in [0.29, 0.717) is 11.5 Å². The third kappa shape index (κ3) is 2.42. The molecule has 0 unspecified atom stereocenters. The minimum absolute atomic E-state index is 0.136. The van der Waals surface area contributed by atoms with Crippen molar-refractivity contribution in [2.75, 3.05) is 0 Å². The van der Waals surface area contributed by atoms with E-state index in [-0.39, 0.29) is 5.69 Å². The molecule has 0 spiro atoms. The zero-order chi connectivity index (χ0) is 12.4. The highest BCUT2D eigenvalue weighted by Crippen LogP contribution is 2.05. The second kappa shape index (κ2) is 4.50. The van der Waals surface area contributed by atoms with Crippen molar-refractivity contribution in [3.63, 3.8) is 0 Å². The van der Waals surface area contributed by atoms with Gasteiger partial charge >= 0.3 is 5.69 Å². The molecule has 1 aromatic heterocycles. The maximum Gasteiger partial charge on any atom is 0.345 e. The van der Waals surface area contributed by atoms with Crippen LogP contribution in [0.15, 0.2) is 35.4 Å². The minimum atomic E-state index is -0.136. The van der Waals surface area contributed by atoms with Crippen molar-refractivity contribution in [3.8, 4) is 0 Å². The summed E-state index contributed by atoms with van der Waals surface area (Å²) in [4.78, 5) is 11.9. The maximum absolute atomic E-state index is 11.6. The average molecular weight is 248 g/mol. The van der Waals surface area contributed by atoms with Gasteiger partial charge in [0, 0.05) is 12.6 Å². The normalized spacial score (nSPS) is 10.4. The summed E-state index contributed by atoms with van der Waals surface area (Å²) >= 11 is 4.87. The van der Waals surface area contributed by atoms with Crippen molar-refractivity contribution in [3.05, 3.63) is 52.2 Å². The van der Waals surface area contributed by atoms with Gasteiger partial charge in [0.2, 0.25) is 0 Å². The Bertz CT molecular complexity index is 597. The molecule has 0 aliphatic carbocycles. The van der Waals surface area contributed by atoms with E-state index in [1.807, 2.05) is 24.3 Å². The molecule has 0 amide bonds. The minimum Gasteiger partial charge on any atom is -0.389 e. The number of aryl methyl sites for hydroxylation is 1. The smallest absolute Gasteiger partial charge is 0.345 e. The van der Waals surface area contributed by atoms with Gasteiger partial charge in [0.05, 0.1) is 6.54 Å². The van der Waals surface area contributed by atoms with Gasteiger partial charge < -0.3 is 5.73 Å². The topological polar surface area (TPSA) is 65.8 Å². The van der Waals surface area contributed by atoms with Crippen molar-refractivity contribution in [1.29, 1.82) is 0 Å². The van der Waals surface area contributed by atoms with E-state index in [0.717, 1.165) is 11.1 Å². The fraction of sp³-hybridized carbons (Fsp3) is 0.182. The van der Waals surface area contributed by atoms with Crippen molar-refractivity contribution in [2.45, 2.75) is 6.54 Å². The van der Waals surface area contributed by atoms with Crippen LogP contribution in [0.5, 0.6) is 0 Å². The van der Waals surface area contributed by atoms with E-state index < -0.39 is 0 Å². The van der Waals surface area contributed by atoms with E-state index in [9.17, 15) is 4.79 Å². The monoisotopic (exact) mass is 248 g/mol. The number of nitrogens with two attached hydrogens (primary N) is 1. The summed E-state index contributed by atoms with van der Waals surface area (Å²) in [6.45, 7) is 0.442. The predicted octanol–water partition coefficient (Wildman–Crippen LogP) is 0.264. The third-order valence-corrected chi connectivity index (χ3v) is 2.69. The Kier molecular flexibility index (Phi) is 3.06. The molecule has 2 aromatic rings. The van der Waals surface area contributed by atoms with Gasteiger partial charge in [0.15, 0.2) is 0 Å². The Morgan fingerprint density at radius 3 is 2.53 bits per heavy atom. The average Bonchev–Trinajstić information content (AvgIpc) is 2.62. The number of nitrogens with zero attached hydrogens (tertiary/aromatic N) is 3. The van der Waals surface area contributed by atoms with Crippen LogP contribution >= 0.6 is 12.2 Å². The van der Waals surface area contributed by atoms with E-state index in [1.165, 1.54) is 15.6 Å². The fourth-order valence-electron chi connectivity index (χ4n) is 1.48. The van der Waals surface area contributed by atoms with E-state index in [4.69, 9.17) is 18.0 Å². The third-order valence-electron chi connectivity index (χ3n) is 2.46. The molecule has 5 nitrogen and oxygen atoms in total. The van der Waals surface area contributed by atoms with Crippen LogP contribution in [0.1, 0.15) is 11.1 Å². The number of rotatable bonds is 3. The largest absolute Gasteiger partial charge is 0.389 e. The zero-order valence-electron chi connectivity index (χ0n) is 9.33. The van der Waals surface area contributed by atoms with Crippen LogP contribution in [0, 0.1) is 0 Å². The Balaban J connectivity index is 2.22.